The molecule has 2 heterocycles. The third kappa shape index (κ3) is 3.19. The third-order valence-electron chi connectivity index (χ3n) is 4.49. The van der Waals surface area contributed by atoms with Crippen LogP contribution in [0.2, 0.25) is 0 Å². The van der Waals surface area contributed by atoms with E-state index >= 15 is 0 Å². The molecule has 1 unspecified atom stereocenters. The second-order valence-corrected chi connectivity index (χ2v) is 7.02. The third-order valence-corrected chi connectivity index (χ3v) is 5.65. The molecule has 0 saturated carbocycles. The fourth-order valence-corrected chi connectivity index (χ4v) is 4.43. The summed E-state index contributed by atoms with van der Waals surface area (Å²) in [6.07, 6.45) is 7.14. The number of methoxy groups -OCH3 is 1. The van der Waals surface area contributed by atoms with Gasteiger partial charge in [-0.25, -0.2) is 4.79 Å². The van der Waals surface area contributed by atoms with Crippen LogP contribution in [0.15, 0.2) is 24.5 Å². The minimum absolute atomic E-state index is 0.265. The summed E-state index contributed by atoms with van der Waals surface area (Å²) in [5.41, 5.74) is 2.02. The van der Waals surface area contributed by atoms with Crippen molar-refractivity contribution in [3.05, 3.63) is 46.1 Å². The first-order chi connectivity index (χ1) is 11.6. The molecule has 1 aliphatic rings. The summed E-state index contributed by atoms with van der Waals surface area (Å²) in [4.78, 5) is 29.8. The molecule has 0 radical (unpaired) electrons. The molecule has 126 valence electrons. The number of carbonyl (C=O) groups is 2. The fourth-order valence-electron chi connectivity index (χ4n) is 3.08. The van der Waals surface area contributed by atoms with Crippen LogP contribution in [-0.4, -0.2) is 24.0 Å². The smallest absolute Gasteiger partial charge is 0.341 e. The van der Waals surface area contributed by atoms with Gasteiger partial charge in [-0.05, 0) is 42.9 Å². The van der Waals surface area contributed by atoms with Crippen molar-refractivity contribution in [2.45, 2.75) is 32.6 Å². The van der Waals surface area contributed by atoms with Crippen LogP contribution in [0.4, 0.5) is 5.00 Å². The molecule has 0 fully saturated rings. The highest BCUT2D eigenvalue weighted by Gasteiger charge is 2.29. The summed E-state index contributed by atoms with van der Waals surface area (Å²) in [6, 6.07) is 3.40. The van der Waals surface area contributed by atoms with Gasteiger partial charge in [-0.2, -0.15) is 0 Å². The molecular weight excluding hydrogens is 324 g/mol. The molecule has 6 heteroatoms. The molecule has 1 aliphatic carbocycles. The van der Waals surface area contributed by atoms with Gasteiger partial charge in [-0.1, -0.05) is 13.3 Å². The maximum Gasteiger partial charge on any atom is 0.341 e. The summed E-state index contributed by atoms with van der Waals surface area (Å²) < 4.78 is 4.95. The Hall–Kier alpha value is -2.21. The maximum atomic E-state index is 12.4. The lowest BCUT2D eigenvalue weighted by Gasteiger charge is -2.20. The van der Waals surface area contributed by atoms with Crippen LogP contribution in [-0.2, 0) is 17.6 Å². The van der Waals surface area contributed by atoms with E-state index in [9.17, 15) is 9.59 Å². The summed E-state index contributed by atoms with van der Waals surface area (Å²) in [5, 5.41) is 3.45. The summed E-state index contributed by atoms with van der Waals surface area (Å²) in [7, 11) is 1.37. The molecule has 24 heavy (non-hydrogen) atoms. The van der Waals surface area contributed by atoms with Gasteiger partial charge < -0.3 is 10.1 Å². The number of nitrogens with one attached hydrogen (secondary N) is 1. The van der Waals surface area contributed by atoms with Gasteiger partial charge in [0.1, 0.15) is 5.00 Å². The van der Waals surface area contributed by atoms with Gasteiger partial charge in [0.05, 0.1) is 18.2 Å². The predicted molar refractivity (Wildman–Crippen MR) is 93.7 cm³/mol. The van der Waals surface area contributed by atoms with Crippen LogP contribution in [0, 0.1) is 5.92 Å². The predicted octanol–water partition coefficient (Wildman–Crippen LogP) is 3.70. The van der Waals surface area contributed by atoms with E-state index in [0.717, 1.165) is 31.2 Å². The molecule has 1 amide bonds. The minimum Gasteiger partial charge on any atom is -0.465 e. The van der Waals surface area contributed by atoms with Crippen molar-refractivity contribution in [3.8, 4) is 0 Å². The minimum atomic E-state index is -0.385. The highest BCUT2D eigenvalue weighted by atomic mass is 32.1. The normalized spacial score (nSPS) is 16.3. The molecule has 0 aliphatic heterocycles. The van der Waals surface area contributed by atoms with E-state index in [4.69, 9.17) is 4.74 Å². The number of rotatable bonds is 4. The molecule has 0 spiro atoms. The lowest BCUT2D eigenvalue weighted by Crippen LogP contribution is -2.16. The lowest BCUT2D eigenvalue weighted by atomic mass is 9.85. The average Bonchev–Trinajstić information content (AvgIpc) is 2.98. The van der Waals surface area contributed by atoms with Crippen LogP contribution in [0.25, 0.3) is 0 Å². The number of aromatic nitrogens is 1. The zero-order valence-corrected chi connectivity index (χ0v) is 14.6. The summed E-state index contributed by atoms with van der Waals surface area (Å²) in [5.74, 6) is -0.00801. The van der Waals surface area contributed by atoms with Gasteiger partial charge >= 0.3 is 5.97 Å². The quantitative estimate of drug-likeness (QED) is 0.859. The Bertz CT molecular complexity index is 755. The van der Waals surface area contributed by atoms with E-state index < -0.39 is 0 Å². The summed E-state index contributed by atoms with van der Waals surface area (Å²) >= 11 is 1.49. The van der Waals surface area contributed by atoms with Gasteiger partial charge in [0.25, 0.3) is 5.91 Å². The first kappa shape index (κ1) is 16.6. The van der Waals surface area contributed by atoms with Crippen molar-refractivity contribution < 1.29 is 14.3 Å². The molecular formula is C18H20N2O3S. The number of carbonyl (C=O) groups excluding carboxylic acids is 2. The van der Waals surface area contributed by atoms with Crippen molar-refractivity contribution in [2.24, 2.45) is 5.92 Å². The standard InChI is InChI=1S/C18H20N2O3S/c1-3-11-6-7-13-14(9-11)24-17(15(13)18(22)23-2)20-16(21)12-5-4-8-19-10-12/h4-5,8,10-11H,3,6-7,9H2,1-2H3,(H,20,21). The molecule has 5 nitrogen and oxygen atoms in total. The number of thiophene rings is 1. The van der Waals surface area contributed by atoms with Crippen LogP contribution in [0.5, 0.6) is 0 Å². The number of esters is 1. The lowest BCUT2D eigenvalue weighted by molar-refractivity contribution is 0.0601. The molecule has 0 bridgehead atoms. The van der Waals surface area contributed by atoms with Crippen LogP contribution in [0.1, 0.15) is 50.9 Å². The van der Waals surface area contributed by atoms with Gasteiger partial charge in [-0.3, -0.25) is 9.78 Å². The number of fused-ring (bicyclic) bond motifs is 1. The average molecular weight is 344 g/mol. The van der Waals surface area contributed by atoms with Crippen LogP contribution in [0.3, 0.4) is 0 Å². The van der Waals surface area contributed by atoms with Gasteiger partial charge in [0.15, 0.2) is 0 Å². The Morgan fingerprint density at radius 1 is 1.46 bits per heavy atom. The monoisotopic (exact) mass is 344 g/mol. The van der Waals surface area contributed by atoms with E-state index in [1.165, 1.54) is 29.5 Å². The Morgan fingerprint density at radius 2 is 2.29 bits per heavy atom. The van der Waals surface area contributed by atoms with Crippen molar-refractivity contribution in [3.63, 3.8) is 0 Å². The van der Waals surface area contributed by atoms with E-state index in [2.05, 4.69) is 17.2 Å². The van der Waals surface area contributed by atoms with Crippen LogP contribution >= 0.6 is 11.3 Å². The van der Waals surface area contributed by atoms with E-state index in [-0.39, 0.29) is 11.9 Å². The number of ether oxygens (including phenoxy) is 1. The second kappa shape index (κ2) is 7.13. The fraction of sp³-hybridized carbons (Fsp3) is 0.389. The number of anilines is 1. The topological polar surface area (TPSA) is 68.3 Å². The molecule has 1 N–H and O–H groups in total. The van der Waals surface area contributed by atoms with E-state index in [1.54, 1.807) is 18.3 Å². The zero-order chi connectivity index (χ0) is 17.1. The van der Waals surface area contributed by atoms with Crippen molar-refractivity contribution in [2.75, 3.05) is 12.4 Å². The SMILES string of the molecule is CCC1CCc2c(sc(NC(=O)c3cccnc3)c2C(=O)OC)C1. The number of hydrogen-bond acceptors (Lipinski definition) is 5. The number of hydrogen-bond donors (Lipinski definition) is 1. The molecule has 2 aromatic heterocycles. The largest absolute Gasteiger partial charge is 0.465 e. The van der Waals surface area contributed by atoms with Gasteiger partial charge in [0, 0.05) is 17.3 Å². The van der Waals surface area contributed by atoms with Crippen molar-refractivity contribution in [1.82, 2.24) is 4.98 Å². The van der Waals surface area contributed by atoms with Crippen molar-refractivity contribution >= 4 is 28.2 Å². The Kier molecular flexibility index (Phi) is 4.94. The first-order valence-electron chi connectivity index (χ1n) is 8.08. The zero-order valence-electron chi connectivity index (χ0n) is 13.8. The Balaban J connectivity index is 1.94. The number of pyridine rings is 1. The summed E-state index contributed by atoms with van der Waals surface area (Å²) in [6.45, 7) is 2.19. The van der Waals surface area contributed by atoms with E-state index in [1.807, 2.05) is 0 Å². The number of amides is 1. The molecule has 2 aromatic rings. The molecule has 0 saturated heterocycles. The van der Waals surface area contributed by atoms with Crippen LogP contribution < -0.4 is 5.32 Å². The molecule has 1 atom stereocenters. The Labute approximate surface area is 145 Å². The molecule has 3 rings (SSSR count). The first-order valence-corrected chi connectivity index (χ1v) is 8.89. The highest BCUT2D eigenvalue weighted by molar-refractivity contribution is 7.17. The maximum absolute atomic E-state index is 12.4. The number of nitrogens with zero attached hydrogens (tertiary/aromatic N) is 1. The molecule has 0 aromatic carbocycles. The van der Waals surface area contributed by atoms with Gasteiger partial charge in [-0.15, -0.1) is 11.3 Å². The van der Waals surface area contributed by atoms with Gasteiger partial charge in [0.2, 0.25) is 0 Å². The highest BCUT2D eigenvalue weighted by Crippen LogP contribution is 2.40. The second-order valence-electron chi connectivity index (χ2n) is 5.91. The van der Waals surface area contributed by atoms with E-state index in [0.29, 0.717) is 22.0 Å². The Morgan fingerprint density at radius 3 is 2.96 bits per heavy atom. The van der Waals surface area contributed by atoms with Crippen molar-refractivity contribution in [1.29, 1.82) is 0 Å².